The Hall–Kier alpha value is -1.76. The van der Waals surface area contributed by atoms with Gasteiger partial charge >= 0.3 is 11.9 Å². The van der Waals surface area contributed by atoms with Crippen molar-refractivity contribution in [2.24, 2.45) is 0 Å². The fourth-order valence-electron chi connectivity index (χ4n) is 1.27. The lowest BCUT2D eigenvalue weighted by Crippen LogP contribution is -2.04. The van der Waals surface area contributed by atoms with E-state index in [2.05, 4.69) is 26.1 Å². The van der Waals surface area contributed by atoms with Crippen LogP contribution in [0.15, 0.2) is 27.1 Å². The number of rotatable bonds is 3. The van der Waals surface area contributed by atoms with Crippen molar-refractivity contribution in [1.82, 2.24) is 10.2 Å². The molecular formula is C11H8BrFN2O3. The van der Waals surface area contributed by atoms with Gasteiger partial charge in [-0.2, -0.15) is 0 Å². The molecule has 0 aliphatic carbocycles. The molecule has 18 heavy (non-hydrogen) atoms. The quantitative estimate of drug-likeness (QED) is 0.815. The molecule has 0 bridgehead atoms. The predicted molar refractivity (Wildman–Crippen MR) is 63.3 cm³/mol. The summed E-state index contributed by atoms with van der Waals surface area (Å²) in [7, 11) is 0. The van der Waals surface area contributed by atoms with Crippen LogP contribution in [0.25, 0.3) is 11.5 Å². The summed E-state index contributed by atoms with van der Waals surface area (Å²) in [5.41, 5.74) is 0.499. The van der Waals surface area contributed by atoms with Crippen LogP contribution in [0.5, 0.6) is 0 Å². The van der Waals surface area contributed by atoms with Crippen molar-refractivity contribution in [1.29, 1.82) is 0 Å². The number of esters is 1. The Kier molecular flexibility index (Phi) is 3.71. The number of nitrogens with zero attached hydrogens (tertiary/aromatic N) is 2. The minimum Gasteiger partial charge on any atom is -0.459 e. The molecule has 1 aromatic heterocycles. The van der Waals surface area contributed by atoms with Gasteiger partial charge in [0.15, 0.2) is 0 Å². The molecule has 1 aromatic carbocycles. The number of ether oxygens (including phenoxy) is 1. The largest absolute Gasteiger partial charge is 0.459 e. The molecule has 0 aliphatic heterocycles. The Balaban J connectivity index is 2.32. The number of carbonyl (C=O) groups is 1. The van der Waals surface area contributed by atoms with Crippen molar-refractivity contribution in [3.05, 3.63) is 34.4 Å². The fourth-order valence-corrected chi connectivity index (χ4v) is 1.79. The summed E-state index contributed by atoms with van der Waals surface area (Å²) in [6.07, 6.45) is 0. The summed E-state index contributed by atoms with van der Waals surface area (Å²) < 4.78 is 23.3. The van der Waals surface area contributed by atoms with Crippen LogP contribution in [-0.4, -0.2) is 22.8 Å². The second-order valence-electron chi connectivity index (χ2n) is 3.26. The second kappa shape index (κ2) is 5.26. The zero-order chi connectivity index (χ0) is 13.1. The SMILES string of the molecule is CCOC(=O)c1nnc(-c2ccc(F)cc2Br)o1. The molecule has 1 heterocycles. The summed E-state index contributed by atoms with van der Waals surface area (Å²) in [5.74, 6) is -1.20. The van der Waals surface area contributed by atoms with Crippen LogP contribution in [0.4, 0.5) is 4.39 Å². The number of halogens is 2. The van der Waals surface area contributed by atoms with Crippen molar-refractivity contribution in [2.45, 2.75) is 6.92 Å². The smallest absolute Gasteiger partial charge is 0.396 e. The van der Waals surface area contributed by atoms with Gasteiger partial charge in [0.2, 0.25) is 5.89 Å². The Morgan fingerprint density at radius 2 is 2.28 bits per heavy atom. The third-order valence-corrected chi connectivity index (χ3v) is 2.69. The van der Waals surface area contributed by atoms with E-state index in [1.165, 1.54) is 18.2 Å². The monoisotopic (exact) mass is 314 g/mol. The molecule has 94 valence electrons. The van der Waals surface area contributed by atoms with Crippen molar-refractivity contribution in [2.75, 3.05) is 6.61 Å². The molecule has 0 N–H and O–H groups in total. The summed E-state index contributed by atoms with van der Waals surface area (Å²) in [4.78, 5) is 11.3. The molecule has 0 amide bonds. The Morgan fingerprint density at radius 3 is 2.94 bits per heavy atom. The molecule has 0 saturated heterocycles. The highest BCUT2D eigenvalue weighted by Crippen LogP contribution is 2.27. The molecule has 2 rings (SSSR count). The normalized spacial score (nSPS) is 10.4. The van der Waals surface area contributed by atoms with Gasteiger partial charge in [0.05, 0.1) is 12.2 Å². The Bertz CT molecular complexity index is 585. The van der Waals surface area contributed by atoms with E-state index < -0.39 is 11.8 Å². The van der Waals surface area contributed by atoms with Crippen molar-refractivity contribution >= 4 is 21.9 Å². The minimum absolute atomic E-state index is 0.116. The van der Waals surface area contributed by atoms with Gasteiger partial charge in [-0.05, 0) is 41.1 Å². The number of hydrogen-bond acceptors (Lipinski definition) is 5. The second-order valence-corrected chi connectivity index (χ2v) is 4.11. The highest BCUT2D eigenvalue weighted by molar-refractivity contribution is 9.10. The average molecular weight is 315 g/mol. The van der Waals surface area contributed by atoms with E-state index in [4.69, 9.17) is 9.15 Å². The van der Waals surface area contributed by atoms with Crippen LogP contribution in [0.2, 0.25) is 0 Å². The maximum absolute atomic E-state index is 12.9. The number of benzene rings is 1. The third-order valence-electron chi connectivity index (χ3n) is 2.04. The fraction of sp³-hybridized carbons (Fsp3) is 0.182. The molecule has 2 aromatic rings. The predicted octanol–water partition coefficient (Wildman–Crippen LogP) is 2.81. The molecule has 0 unspecified atom stereocenters. The molecule has 0 radical (unpaired) electrons. The van der Waals surface area contributed by atoms with Gasteiger partial charge in [0.1, 0.15) is 5.82 Å². The van der Waals surface area contributed by atoms with E-state index in [1.54, 1.807) is 6.92 Å². The van der Waals surface area contributed by atoms with Gasteiger partial charge in [-0.15, -0.1) is 10.2 Å². The van der Waals surface area contributed by atoms with Crippen molar-refractivity contribution < 1.29 is 18.3 Å². The lowest BCUT2D eigenvalue weighted by Gasteiger charge is -1.98. The molecule has 0 atom stereocenters. The molecule has 7 heteroatoms. The molecular weight excluding hydrogens is 307 g/mol. The minimum atomic E-state index is -0.686. The van der Waals surface area contributed by atoms with Gasteiger partial charge in [-0.3, -0.25) is 0 Å². The van der Waals surface area contributed by atoms with Crippen LogP contribution in [0, 0.1) is 5.82 Å². The summed E-state index contributed by atoms with van der Waals surface area (Å²) in [6.45, 7) is 1.89. The maximum atomic E-state index is 12.9. The number of carbonyl (C=O) groups excluding carboxylic acids is 1. The van der Waals surface area contributed by atoms with Crippen molar-refractivity contribution in [3.8, 4) is 11.5 Å². The third kappa shape index (κ3) is 2.56. The van der Waals surface area contributed by atoms with Crippen molar-refractivity contribution in [3.63, 3.8) is 0 Å². The van der Waals surface area contributed by atoms with Crippen LogP contribution in [0.1, 0.15) is 17.6 Å². The van der Waals surface area contributed by atoms with E-state index in [9.17, 15) is 9.18 Å². The van der Waals surface area contributed by atoms with Crippen LogP contribution >= 0.6 is 15.9 Å². The first-order valence-electron chi connectivity index (χ1n) is 5.08. The first-order valence-corrected chi connectivity index (χ1v) is 5.87. The van der Waals surface area contributed by atoms with E-state index in [0.717, 1.165) is 0 Å². The first-order chi connectivity index (χ1) is 8.61. The molecule has 5 nitrogen and oxygen atoms in total. The maximum Gasteiger partial charge on any atom is 0.396 e. The standard InChI is InChI=1S/C11H8BrFN2O3/c1-2-17-11(16)10-15-14-9(18-10)7-4-3-6(13)5-8(7)12/h3-5H,2H2,1H3. The highest BCUT2D eigenvalue weighted by atomic mass is 79.9. The lowest BCUT2D eigenvalue weighted by molar-refractivity contribution is 0.0481. The van der Waals surface area contributed by atoms with Crippen LogP contribution in [0.3, 0.4) is 0 Å². The van der Waals surface area contributed by atoms with Crippen LogP contribution < -0.4 is 0 Å². The topological polar surface area (TPSA) is 65.2 Å². The van der Waals surface area contributed by atoms with Gasteiger partial charge < -0.3 is 9.15 Å². The Labute approximate surface area is 110 Å². The molecule has 0 aliphatic rings. The van der Waals surface area contributed by atoms with Gasteiger partial charge in [0.25, 0.3) is 0 Å². The Morgan fingerprint density at radius 1 is 1.50 bits per heavy atom. The van der Waals surface area contributed by atoms with Gasteiger partial charge in [0, 0.05) is 4.47 Å². The zero-order valence-electron chi connectivity index (χ0n) is 9.31. The van der Waals surface area contributed by atoms with Gasteiger partial charge in [-0.1, -0.05) is 0 Å². The van der Waals surface area contributed by atoms with Gasteiger partial charge in [-0.25, -0.2) is 9.18 Å². The summed E-state index contributed by atoms with van der Waals surface area (Å²) >= 11 is 3.18. The zero-order valence-corrected chi connectivity index (χ0v) is 10.9. The van der Waals surface area contributed by atoms with E-state index in [1.807, 2.05) is 0 Å². The molecule has 0 fully saturated rings. The van der Waals surface area contributed by atoms with E-state index in [-0.39, 0.29) is 18.4 Å². The lowest BCUT2D eigenvalue weighted by atomic mass is 10.2. The highest BCUT2D eigenvalue weighted by Gasteiger charge is 2.18. The number of hydrogen-bond donors (Lipinski definition) is 0. The number of aromatic nitrogens is 2. The molecule has 0 spiro atoms. The average Bonchev–Trinajstić information content (AvgIpc) is 2.78. The molecule has 0 saturated carbocycles. The van der Waals surface area contributed by atoms with E-state index in [0.29, 0.717) is 10.0 Å². The summed E-state index contributed by atoms with van der Waals surface area (Å²) in [6, 6.07) is 4.00. The van der Waals surface area contributed by atoms with Crippen LogP contribution in [-0.2, 0) is 4.74 Å². The van der Waals surface area contributed by atoms with E-state index >= 15 is 0 Å². The first kappa shape index (κ1) is 12.7. The summed E-state index contributed by atoms with van der Waals surface area (Å²) in [5, 5.41) is 7.28.